The SMILES string of the molecule is Cc1c(C#C[Si](C)(C)C)cc(CS)cc1OS(=O)(=O)F. The van der Waals surface area contributed by atoms with E-state index in [1.165, 1.54) is 6.07 Å². The van der Waals surface area contributed by atoms with Crippen molar-refractivity contribution in [3.05, 3.63) is 28.8 Å². The van der Waals surface area contributed by atoms with Crippen LogP contribution >= 0.6 is 12.6 Å². The highest BCUT2D eigenvalue weighted by molar-refractivity contribution is 7.81. The number of hydrogen-bond donors (Lipinski definition) is 1. The number of thiol groups is 1. The first-order valence-corrected chi connectivity index (χ1v) is 11.4. The zero-order valence-corrected chi connectivity index (χ0v) is 14.5. The van der Waals surface area contributed by atoms with Crippen LogP contribution in [0.3, 0.4) is 0 Å². The molecule has 1 rings (SSSR count). The first kappa shape index (κ1) is 17.1. The standard InChI is InChI=1S/C13H17FO3S2Si/c1-10-12(5-6-20(2,3)4)7-11(9-18)8-13(10)17-19(14,15)16/h7-8,18H,9H2,1-4H3. The van der Waals surface area contributed by atoms with Crippen molar-refractivity contribution < 1.29 is 16.5 Å². The molecular formula is C13H17FO3S2Si. The smallest absolute Gasteiger partial charge is 0.358 e. The summed E-state index contributed by atoms with van der Waals surface area (Å²) in [4.78, 5) is 0. The normalized spacial score (nSPS) is 11.7. The topological polar surface area (TPSA) is 43.4 Å². The van der Waals surface area contributed by atoms with Crippen LogP contribution in [-0.4, -0.2) is 16.5 Å². The van der Waals surface area contributed by atoms with Crippen LogP contribution in [-0.2, 0) is 16.3 Å². The summed E-state index contributed by atoms with van der Waals surface area (Å²) in [6, 6.07) is 3.27. The van der Waals surface area contributed by atoms with E-state index in [9.17, 15) is 12.3 Å². The van der Waals surface area contributed by atoms with Gasteiger partial charge in [0.1, 0.15) is 13.8 Å². The molecule has 0 radical (unpaired) electrons. The molecule has 0 saturated heterocycles. The fourth-order valence-corrected chi connectivity index (χ4v) is 2.49. The molecular weight excluding hydrogens is 315 g/mol. The minimum atomic E-state index is -5.05. The van der Waals surface area contributed by atoms with Crippen molar-refractivity contribution in [2.75, 3.05) is 0 Å². The van der Waals surface area contributed by atoms with Crippen LogP contribution in [0, 0.1) is 18.4 Å². The largest absolute Gasteiger partial charge is 0.488 e. The van der Waals surface area contributed by atoms with Crippen molar-refractivity contribution in [3.8, 4) is 17.2 Å². The van der Waals surface area contributed by atoms with Crippen molar-refractivity contribution >= 4 is 31.2 Å². The van der Waals surface area contributed by atoms with Crippen LogP contribution < -0.4 is 4.18 Å². The Bertz CT molecular complexity index is 667. The lowest BCUT2D eigenvalue weighted by molar-refractivity contribution is 0.438. The van der Waals surface area contributed by atoms with Gasteiger partial charge in [-0.15, -0.1) is 5.54 Å². The van der Waals surface area contributed by atoms with E-state index in [1.54, 1.807) is 6.92 Å². The van der Waals surface area contributed by atoms with Crippen LogP contribution in [0.5, 0.6) is 5.75 Å². The van der Waals surface area contributed by atoms with Crippen LogP contribution in [0.1, 0.15) is 16.7 Å². The average Bonchev–Trinajstić information content (AvgIpc) is 2.27. The molecule has 0 aromatic heterocycles. The van der Waals surface area contributed by atoms with Gasteiger partial charge in [-0.1, -0.05) is 29.4 Å². The van der Waals surface area contributed by atoms with Gasteiger partial charge >= 0.3 is 10.5 Å². The summed E-state index contributed by atoms with van der Waals surface area (Å²) < 4.78 is 38.3. The molecule has 110 valence electrons. The Hall–Kier alpha value is -0.973. The van der Waals surface area contributed by atoms with E-state index in [4.69, 9.17) is 0 Å². The van der Waals surface area contributed by atoms with Gasteiger partial charge in [-0.2, -0.15) is 21.0 Å². The van der Waals surface area contributed by atoms with Gasteiger partial charge < -0.3 is 4.18 Å². The van der Waals surface area contributed by atoms with Crippen molar-refractivity contribution in [2.45, 2.75) is 32.3 Å². The lowest BCUT2D eigenvalue weighted by Gasteiger charge is -2.10. The van der Waals surface area contributed by atoms with Gasteiger partial charge in [0.2, 0.25) is 0 Å². The van der Waals surface area contributed by atoms with Gasteiger partial charge in [0, 0.05) is 16.9 Å². The molecule has 0 spiro atoms. The van der Waals surface area contributed by atoms with E-state index in [1.807, 2.05) is 6.07 Å². The molecule has 0 fully saturated rings. The maximum atomic E-state index is 12.7. The minimum absolute atomic E-state index is 0.0427. The van der Waals surface area contributed by atoms with Crippen LogP contribution in [0.2, 0.25) is 19.6 Å². The van der Waals surface area contributed by atoms with Gasteiger partial charge in [0.15, 0.2) is 0 Å². The Balaban J connectivity index is 3.37. The van der Waals surface area contributed by atoms with E-state index < -0.39 is 18.6 Å². The Labute approximate surface area is 126 Å². The molecule has 1 aromatic carbocycles. The summed E-state index contributed by atoms with van der Waals surface area (Å²) in [6.07, 6.45) is 0. The molecule has 0 bridgehead atoms. The van der Waals surface area contributed by atoms with Crippen molar-refractivity contribution in [3.63, 3.8) is 0 Å². The van der Waals surface area contributed by atoms with Gasteiger partial charge in [0.05, 0.1) is 0 Å². The summed E-state index contributed by atoms with van der Waals surface area (Å²) in [7, 11) is -6.62. The summed E-state index contributed by atoms with van der Waals surface area (Å²) in [5.74, 6) is 3.37. The maximum Gasteiger partial charge on any atom is 0.488 e. The third kappa shape index (κ3) is 5.57. The molecule has 3 nitrogen and oxygen atoms in total. The highest BCUT2D eigenvalue weighted by atomic mass is 32.3. The molecule has 1 aromatic rings. The van der Waals surface area contributed by atoms with E-state index >= 15 is 0 Å². The molecule has 0 aliphatic heterocycles. The molecule has 0 amide bonds. The summed E-state index contributed by atoms with van der Waals surface area (Å²) in [5.41, 5.74) is 5.04. The minimum Gasteiger partial charge on any atom is -0.358 e. The number of rotatable bonds is 3. The molecule has 0 unspecified atom stereocenters. The van der Waals surface area contributed by atoms with E-state index in [-0.39, 0.29) is 5.75 Å². The van der Waals surface area contributed by atoms with Crippen molar-refractivity contribution in [2.24, 2.45) is 0 Å². The zero-order valence-electron chi connectivity index (χ0n) is 11.8. The van der Waals surface area contributed by atoms with Gasteiger partial charge in [-0.05, 0) is 24.6 Å². The second-order valence-corrected chi connectivity index (χ2v) is 11.4. The third-order valence-electron chi connectivity index (χ3n) is 2.36. The Kier molecular flexibility index (Phi) is 5.30. The third-order valence-corrected chi connectivity index (χ3v) is 3.98. The molecule has 0 heterocycles. The van der Waals surface area contributed by atoms with Gasteiger partial charge in [-0.25, -0.2) is 0 Å². The van der Waals surface area contributed by atoms with E-state index in [2.05, 4.69) is 47.9 Å². The van der Waals surface area contributed by atoms with Crippen LogP contribution in [0.4, 0.5) is 3.89 Å². The molecule has 7 heteroatoms. The predicted molar refractivity (Wildman–Crippen MR) is 84.7 cm³/mol. The lowest BCUT2D eigenvalue weighted by Crippen LogP contribution is -2.16. The number of hydrogen-bond acceptors (Lipinski definition) is 4. The highest BCUT2D eigenvalue weighted by Crippen LogP contribution is 2.26. The molecule has 20 heavy (non-hydrogen) atoms. The molecule has 0 atom stereocenters. The number of benzene rings is 1. The highest BCUT2D eigenvalue weighted by Gasteiger charge is 2.15. The molecule has 0 aliphatic rings. The molecule has 0 N–H and O–H groups in total. The predicted octanol–water partition coefficient (Wildman–Crippen LogP) is 3.25. The fraction of sp³-hybridized carbons (Fsp3) is 0.385. The van der Waals surface area contributed by atoms with Crippen molar-refractivity contribution in [1.82, 2.24) is 0 Å². The second-order valence-electron chi connectivity index (χ2n) is 5.40. The summed E-state index contributed by atoms with van der Waals surface area (Å²) in [5, 5.41) is 0. The second kappa shape index (κ2) is 6.20. The fourth-order valence-electron chi connectivity index (χ4n) is 1.41. The Morgan fingerprint density at radius 3 is 2.40 bits per heavy atom. The summed E-state index contributed by atoms with van der Waals surface area (Å²) >= 11 is 4.14. The Morgan fingerprint density at radius 1 is 1.35 bits per heavy atom. The van der Waals surface area contributed by atoms with E-state index in [0.29, 0.717) is 16.9 Å². The van der Waals surface area contributed by atoms with Crippen molar-refractivity contribution in [1.29, 1.82) is 0 Å². The first-order valence-electron chi connectivity index (χ1n) is 5.93. The van der Waals surface area contributed by atoms with E-state index in [0.717, 1.165) is 5.56 Å². The monoisotopic (exact) mass is 332 g/mol. The van der Waals surface area contributed by atoms with Gasteiger partial charge in [-0.3, -0.25) is 0 Å². The maximum absolute atomic E-state index is 12.7. The number of halogens is 1. The average molecular weight is 332 g/mol. The van der Waals surface area contributed by atoms with Crippen LogP contribution in [0.25, 0.3) is 0 Å². The molecule has 0 aliphatic carbocycles. The first-order chi connectivity index (χ1) is 9.02. The lowest BCUT2D eigenvalue weighted by atomic mass is 10.1. The van der Waals surface area contributed by atoms with Gasteiger partial charge in [0.25, 0.3) is 0 Å². The zero-order chi connectivity index (χ0) is 15.6. The van der Waals surface area contributed by atoms with Crippen LogP contribution in [0.15, 0.2) is 12.1 Å². The quantitative estimate of drug-likeness (QED) is 0.400. The molecule has 0 saturated carbocycles. The summed E-state index contributed by atoms with van der Waals surface area (Å²) in [6.45, 7) is 7.95. The Morgan fingerprint density at radius 2 is 1.95 bits per heavy atom.